The molecule has 8 heteroatoms. The molecule has 2 saturated heterocycles. The highest BCUT2D eigenvalue weighted by Crippen LogP contribution is 2.43. The molecule has 2 aliphatic rings. The van der Waals surface area contributed by atoms with Crippen LogP contribution in [0.4, 0.5) is 5.69 Å². The molecule has 2 aliphatic heterocycles. The Kier molecular flexibility index (Phi) is 5.62. The molecular formula is C18H24N2O4S2. The summed E-state index contributed by atoms with van der Waals surface area (Å²) in [5.41, 5.74) is 0.766. The molecule has 2 heterocycles. The van der Waals surface area contributed by atoms with Gasteiger partial charge in [-0.15, -0.1) is 0 Å². The number of para-hydroxylation sites is 2. The van der Waals surface area contributed by atoms with E-state index >= 15 is 0 Å². The molecule has 1 amide bonds. The maximum Gasteiger partial charge on any atom is 0.248 e. The summed E-state index contributed by atoms with van der Waals surface area (Å²) in [5.74, 6) is 0.909. The van der Waals surface area contributed by atoms with Crippen molar-refractivity contribution in [1.29, 1.82) is 0 Å². The van der Waals surface area contributed by atoms with Crippen molar-refractivity contribution in [2.75, 3.05) is 23.0 Å². The van der Waals surface area contributed by atoms with E-state index in [1.165, 1.54) is 11.8 Å². The lowest BCUT2D eigenvalue weighted by Gasteiger charge is -2.26. The average Bonchev–Trinajstić information content (AvgIpc) is 2.98. The Balaban J connectivity index is 2.01. The van der Waals surface area contributed by atoms with E-state index in [9.17, 15) is 13.2 Å². The maximum atomic E-state index is 12.3. The zero-order valence-corrected chi connectivity index (χ0v) is 16.8. The summed E-state index contributed by atoms with van der Waals surface area (Å²) in [6, 6.07) is 7.28. The quantitative estimate of drug-likeness (QED) is 0.762. The summed E-state index contributed by atoms with van der Waals surface area (Å²) in [5, 5.41) is 0.466. The highest BCUT2D eigenvalue weighted by molar-refractivity contribution is 8.16. The number of aliphatic imine (C=N–C) groups is 1. The summed E-state index contributed by atoms with van der Waals surface area (Å²) in [4.78, 5) is 18.5. The summed E-state index contributed by atoms with van der Waals surface area (Å²) >= 11 is 1.39. The first-order valence-electron chi connectivity index (χ1n) is 8.80. The molecule has 1 aromatic rings. The van der Waals surface area contributed by atoms with E-state index in [1.54, 1.807) is 0 Å². The van der Waals surface area contributed by atoms with Gasteiger partial charge in [-0.3, -0.25) is 4.79 Å². The van der Waals surface area contributed by atoms with E-state index in [0.717, 1.165) is 5.69 Å². The molecule has 0 unspecified atom stereocenters. The van der Waals surface area contributed by atoms with Gasteiger partial charge in [0.15, 0.2) is 15.0 Å². The van der Waals surface area contributed by atoms with Crippen molar-refractivity contribution < 1.29 is 17.9 Å². The van der Waals surface area contributed by atoms with Gasteiger partial charge in [0.05, 0.1) is 29.8 Å². The van der Waals surface area contributed by atoms with Crippen LogP contribution in [0.5, 0.6) is 5.75 Å². The first kappa shape index (κ1) is 19.2. The van der Waals surface area contributed by atoms with E-state index in [2.05, 4.69) is 4.99 Å². The van der Waals surface area contributed by atoms with Gasteiger partial charge in [0.2, 0.25) is 5.91 Å². The number of fused-ring (bicyclic) bond motifs is 1. The topological polar surface area (TPSA) is 76.0 Å². The third-order valence-electron chi connectivity index (χ3n) is 4.29. The summed E-state index contributed by atoms with van der Waals surface area (Å²) < 4.78 is 30.0. The van der Waals surface area contributed by atoms with Gasteiger partial charge in [-0.05, 0) is 25.0 Å². The summed E-state index contributed by atoms with van der Waals surface area (Å²) in [6.07, 6.45) is 0.374. The van der Waals surface area contributed by atoms with Crippen LogP contribution < -0.4 is 9.64 Å². The van der Waals surface area contributed by atoms with Crippen molar-refractivity contribution in [3.8, 4) is 5.75 Å². The van der Waals surface area contributed by atoms with E-state index in [-0.39, 0.29) is 34.6 Å². The number of amidine groups is 1. The maximum absolute atomic E-state index is 12.3. The van der Waals surface area contributed by atoms with Gasteiger partial charge in [0.1, 0.15) is 5.75 Å². The van der Waals surface area contributed by atoms with Crippen molar-refractivity contribution in [2.45, 2.75) is 38.5 Å². The third-order valence-corrected chi connectivity index (χ3v) is 7.50. The van der Waals surface area contributed by atoms with Crippen LogP contribution in [-0.4, -0.2) is 48.9 Å². The molecule has 142 valence electrons. The zero-order valence-electron chi connectivity index (χ0n) is 15.2. The number of ether oxygens (including phenoxy) is 1. The Bertz CT molecular complexity index is 820. The van der Waals surface area contributed by atoms with Gasteiger partial charge < -0.3 is 9.64 Å². The smallest absolute Gasteiger partial charge is 0.248 e. The molecule has 3 rings (SSSR count). The number of nitrogens with zero attached hydrogens (tertiary/aromatic N) is 2. The molecule has 0 N–H and O–H groups in total. The molecule has 1 aromatic carbocycles. The molecule has 6 nitrogen and oxygen atoms in total. The Hall–Kier alpha value is -1.54. The zero-order chi connectivity index (χ0) is 18.9. The van der Waals surface area contributed by atoms with Gasteiger partial charge in [-0.25, -0.2) is 8.42 Å². The molecule has 0 saturated carbocycles. The minimum absolute atomic E-state index is 0.0719. The summed E-state index contributed by atoms with van der Waals surface area (Å²) in [6.45, 7) is 6.36. The van der Waals surface area contributed by atoms with Crippen LogP contribution in [0.1, 0.15) is 27.2 Å². The lowest BCUT2D eigenvalue weighted by molar-refractivity contribution is -0.118. The molecule has 0 aromatic heterocycles. The molecule has 0 bridgehead atoms. The normalized spacial score (nSPS) is 25.7. The third kappa shape index (κ3) is 4.06. The molecule has 2 fully saturated rings. The second kappa shape index (κ2) is 7.60. The lowest BCUT2D eigenvalue weighted by atomic mass is 10.1. The van der Waals surface area contributed by atoms with Crippen LogP contribution in [-0.2, 0) is 14.6 Å². The van der Waals surface area contributed by atoms with E-state index in [0.29, 0.717) is 23.9 Å². The Morgan fingerprint density at radius 3 is 2.77 bits per heavy atom. The van der Waals surface area contributed by atoms with E-state index in [1.807, 2.05) is 49.9 Å². The SMILES string of the molecule is CCOc1ccccc1N1C(=NC(=O)CC(C)C)S[C@H]2CS(=O)(=O)C[C@@H]21. The fraction of sp³-hybridized carbons (Fsp3) is 0.556. The lowest BCUT2D eigenvalue weighted by Crippen LogP contribution is -2.38. The molecule has 0 radical (unpaired) electrons. The second-order valence-electron chi connectivity index (χ2n) is 6.96. The fourth-order valence-corrected chi connectivity index (χ4v) is 7.21. The molecular weight excluding hydrogens is 372 g/mol. The van der Waals surface area contributed by atoms with Crippen molar-refractivity contribution >= 4 is 38.4 Å². The van der Waals surface area contributed by atoms with Crippen LogP contribution in [0.15, 0.2) is 29.3 Å². The number of amides is 1. The molecule has 0 aliphatic carbocycles. The number of hydrogen-bond acceptors (Lipinski definition) is 5. The van der Waals surface area contributed by atoms with Gasteiger partial charge in [-0.1, -0.05) is 37.7 Å². The standard InChI is InChI=1S/C18H24N2O4S2/c1-4-24-15-8-6-5-7-13(15)20-14-10-26(22,23)11-16(14)25-18(20)19-17(21)9-12(2)3/h5-8,12,14,16H,4,9-11H2,1-3H3/t14-,16-/m0/s1. The molecule has 26 heavy (non-hydrogen) atoms. The van der Waals surface area contributed by atoms with Crippen molar-refractivity contribution in [1.82, 2.24) is 0 Å². The first-order chi connectivity index (χ1) is 12.3. The van der Waals surface area contributed by atoms with Crippen LogP contribution in [0.3, 0.4) is 0 Å². The average molecular weight is 397 g/mol. The molecule has 0 spiro atoms. The molecule has 2 atom stereocenters. The predicted octanol–water partition coefficient (Wildman–Crippen LogP) is 2.73. The van der Waals surface area contributed by atoms with Crippen LogP contribution in [0.25, 0.3) is 0 Å². The second-order valence-corrected chi connectivity index (χ2v) is 10.3. The Morgan fingerprint density at radius 2 is 2.08 bits per heavy atom. The van der Waals surface area contributed by atoms with Crippen LogP contribution >= 0.6 is 11.8 Å². The number of thioether (sulfide) groups is 1. The summed E-state index contributed by atoms with van der Waals surface area (Å²) in [7, 11) is -3.09. The van der Waals surface area contributed by atoms with Gasteiger partial charge in [0.25, 0.3) is 0 Å². The van der Waals surface area contributed by atoms with Gasteiger partial charge in [-0.2, -0.15) is 4.99 Å². The fourth-order valence-electron chi connectivity index (χ4n) is 3.28. The Morgan fingerprint density at radius 1 is 1.35 bits per heavy atom. The van der Waals surface area contributed by atoms with Crippen molar-refractivity contribution in [2.24, 2.45) is 10.9 Å². The number of sulfone groups is 1. The van der Waals surface area contributed by atoms with Crippen molar-refractivity contribution in [3.05, 3.63) is 24.3 Å². The largest absolute Gasteiger partial charge is 0.492 e. The van der Waals surface area contributed by atoms with E-state index < -0.39 is 9.84 Å². The number of anilines is 1. The number of benzene rings is 1. The first-order valence-corrected chi connectivity index (χ1v) is 11.5. The van der Waals surface area contributed by atoms with E-state index in [4.69, 9.17) is 4.74 Å². The minimum atomic E-state index is -3.09. The Labute approximate surface area is 158 Å². The monoisotopic (exact) mass is 396 g/mol. The van der Waals surface area contributed by atoms with Crippen molar-refractivity contribution in [3.63, 3.8) is 0 Å². The van der Waals surface area contributed by atoms with Gasteiger partial charge >= 0.3 is 0 Å². The van der Waals surface area contributed by atoms with Gasteiger partial charge in [0, 0.05) is 11.7 Å². The predicted molar refractivity (Wildman–Crippen MR) is 106 cm³/mol. The number of hydrogen-bond donors (Lipinski definition) is 0. The van der Waals surface area contributed by atoms with Crippen LogP contribution in [0, 0.1) is 5.92 Å². The highest BCUT2D eigenvalue weighted by Gasteiger charge is 2.50. The minimum Gasteiger partial charge on any atom is -0.492 e. The van der Waals surface area contributed by atoms with Crippen LogP contribution in [0.2, 0.25) is 0 Å². The number of carbonyl (C=O) groups excluding carboxylic acids is 1. The highest BCUT2D eigenvalue weighted by atomic mass is 32.2. The number of rotatable bonds is 5. The number of carbonyl (C=O) groups is 1.